The van der Waals surface area contributed by atoms with Crippen LogP contribution in [0, 0.1) is 0 Å². The van der Waals surface area contributed by atoms with Crippen molar-refractivity contribution in [3.05, 3.63) is 11.4 Å². The van der Waals surface area contributed by atoms with Crippen LogP contribution in [0.5, 0.6) is 0 Å². The number of fused-ring (bicyclic) bond motifs is 1. The van der Waals surface area contributed by atoms with Crippen molar-refractivity contribution in [3.63, 3.8) is 0 Å². The molecular weight excluding hydrogens is 394 g/mol. The Kier molecular flexibility index (Phi) is 6.52. The van der Waals surface area contributed by atoms with Crippen LogP contribution in [-0.2, 0) is 29.1 Å². The summed E-state index contributed by atoms with van der Waals surface area (Å²) in [7, 11) is -2.27. The molecule has 2 rings (SSSR count). The second-order valence-electron chi connectivity index (χ2n) is 9.57. The summed E-state index contributed by atoms with van der Waals surface area (Å²) in [6, 6.07) is 0. The topological polar surface area (TPSA) is 87.5 Å². The normalized spacial score (nSPS) is 16.2. The van der Waals surface area contributed by atoms with E-state index >= 15 is 0 Å². The van der Waals surface area contributed by atoms with E-state index in [-0.39, 0.29) is 13.1 Å². The van der Waals surface area contributed by atoms with Gasteiger partial charge in [-0.1, -0.05) is 41.5 Å². The number of imidazole rings is 1. The second-order valence-corrected chi connectivity index (χ2v) is 16.2. The molecule has 9 heteroatoms. The van der Waals surface area contributed by atoms with E-state index in [0.29, 0.717) is 28.0 Å². The number of carbonyl (C=O) groups is 1. The van der Waals surface area contributed by atoms with Gasteiger partial charge in [-0.05, 0) is 37.4 Å². The van der Waals surface area contributed by atoms with Crippen molar-refractivity contribution in [3.8, 4) is 0 Å². The first kappa shape index (κ1) is 23.1. The van der Waals surface area contributed by atoms with E-state index in [2.05, 4.69) is 41.5 Å². The highest BCUT2D eigenvalue weighted by Crippen LogP contribution is 2.41. The highest BCUT2D eigenvalue weighted by molar-refractivity contribution is 7.77. The van der Waals surface area contributed by atoms with Gasteiger partial charge in [-0.3, -0.25) is 13.1 Å². The number of hydrogen-bond donors (Lipinski definition) is 0. The van der Waals surface area contributed by atoms with E-state index in [1.807, 2.05) is 20.8 Å². The maximum Gasteiger partial charge on any atom is 0.410 e. The molecule has 160 valence electrons. The molecule has 1 unspecified atom stereocenters. The zero-order valence-electron chi connectivity index (χ0n) is 18.5. The molecule has 1 aromatic heterocycles. The molecule has 0 saturated carbocycles. The van der Waals surface area contributed by atoms with Crippen LogP contribution < -0.4 is 5.45 Å². The van der Waals surface area contributed by atoms with Gasteiger partial charge in [0.25, 0.3) is 0 Å². The third-order valence-corrected chi connectivity index (χ3v) is 13.4. The Bertz CT molecular complexity index is 746. The van der Waals surface area contributed by atoms with Gasteiger partial charge in [0, 0.05) is 0 Å². The molecule has 1 amide bonds. The molecular formula is C19H34N3O4SSi-. The number of carbonyl (C=O) groups excluding carboxylic acids is 1. The summed E-state index contributed by atoms with van der Waals surface area (Å²) in [6.07, 6.45) is -0.449. The summed E-state index contributed by atoms with van der Waals surface area (Å²) in [4.78, 5) is 18.8. The highest BCUT2D eigenvalue weighted by atomic mass is 32.2. The maximum absolute atomic E-state index is 12.4. The van der Waals surface area contributed by atoms with E-state index in [1.165, 1.54) is 8.87 Å². The van der Waals surface area contributed by atoms with Crippen LogP contribution in [0.4, 0.5) is 4.79 Å². The molecule has 1 aliphatic rings. The van der Waals surface area contributed by atoms with Crippen molar-refractivity contribution in [2.75, 3.05) is 0 Å². The third-order valence-electron chi connectivity index (χ3n) is 5.75. The minimum atomic E-state index is -2.47. The van der Waals surface area contributed by atoms with E-state index < -0.39 is 31.0 Å². The van der Waals surface area contributed by atoms with Crippen LogP contribution in [-0.4, -0.2) is 42.4 Å². The van der Waals surface area contributed by atoms with E-state index in [9.17, 15) is 13.6 Å². The Morgan fingerprint density at radius 3 is 2.00 bits per heavy atom. The fourth-order valence-electron chi connectivity index (χ4n) is 4.85. The molecule has 2 heterocycles. The number of nitrogens with zero attached hydrogens (tertiary/aromatic N) is 3. The van der Waals surface area contributed by atoms with E-state index in [1.54, 1.807) is 0 Å². The summed E-state index contributed by atoms with van der Waals surface area (Å²) in [5, 5.41) is 0. The van der Waals surface area contributed by atoms with Gasteiger partial charge in [0.1, 0.15) is 13.7 Å². The zero-order chi connectivity index (χ0) is 21.6. The van der Waals surface area contributed by atoms with Gasteiger partial charge < -0.3 is 9.29 Å². The van der Waals surface area contributed by atoms with Crippen LogP contribution in [0.15, 0.2) is 0 Å². The first-order valence-corrected chi connectivity index (χ1v) is 13.2. The lowest BCUT2D eigenvalue weighted by Crippen LogP contribution is -2.60. The maximum atomic E-state index is 12.4. The smallest absolute Gasteiger partial charge is 0.410 e. The molecule has 0 N–H and O–H groups in total. The molecule has 0 aliphatic carbocycles. The summed E-state index contributed by atoms with van der Waals surface area (Å²) in [5.41, 5.74) is 2.37. The fourth-order valence-corrected chi connectivity index (χ4v) is 12.4. The van der Waals surface area contributed by atoms with Crippen LogP contribution >= 0.6 is 0 Å². The van der Waals surface area contributed by atoms with Crippen LogP contribution in [0.25, 0.3) is 0 Å². The molecule has 7 nitrogen and oxygen atoms in total. The first-order chi connectivity index (χ1) is 12.7. The standard InChI is InChI=1S/C19H35N3O4SSi/c1-12(2)28(13(3)4,14(5)6)17-20-15-10-21(18(23)26-19(7,8)9)11-16(15)22(17)27(24)25/h12-14H,10-11H2,1-9H3,(H,24,25)/p-1. The molecule has 0 radical (unpaired) electrons. The first-order valence-electron chi connectivity index (χ1n) is 9.92. The monoisotopic (exact) mass is 428 g/mol. The van der Waals surface area contributed by atoms with Gasteiger partial charge in [-0.15, -0.1) is 0 Å². The number of ether oxygens (including phenoxy) is 1. The molecule has 0 spiro atoms. The Labute approximate surface area is 172 Å². The molecule has 1 aliphatic heterocycles. The van der Waals surface area contributed by atoms with E-state index in [4.69, 9.17) is 9.72 Å². The molecule has 0 fully saturated rings. The van der Waals surface area contributed by atoms with Crippen LogP contribution in [0.3, 0.4) is 0 Å². The van der Waals surface area contributed by atoms with Crippen molar-refractivity contribution in [1.29, 1.82) is 0 Å². The van der Waals surface area contributed by atoms with Crippen molar-refractivity contribution < 1.29 is 18.3 Å². The molecule has 0 saturated heterocycles. The van der Waals surface area contributed by atoms with E-state index in [0.717, 1.165) is 5.45 Å². The van der Waals surface area contributed by atoms with Crippen molar-refractivity contribution in [1.82, 2.24) is 13.9 Å². The predicted octanol–water partition coefficient (Wildman–Crippen LogP) is 3.66. The summed E-state index contributed by atoms with van der Waals surface area (Å²) in [5.74, 6) is 0. The van der Waals surface area contributed by atoms with Gasteiger partial charge in [-0.2, -0.15) is 0 Å². The summed E-state index contributed by atoms with van der Waals surface area (Å²) >= 11 is -2.47. The number of amides is 1. The van der Waals surface area contributed by atoms with Crippen molar-refractivity contribution in [2.45, 2.75) is 97.6 Å². The minimum absolute atomic E-state index is 0.198. The lowest BCUT2D eigenvalue weighted by Gasteiger charge is -2.42. The lowest BCUT2D eigenvalue weighted by atomic mass is 10.2. The highest BCUT2D eigenvalue weighted by Gasteiger charge is 2.50. The van der Waals surface area contributed by atoms with Gasteiger partial charge >= 0.3 is 6.09 Å². The average molecular weight is 429 g/mol. The minimum Gasteiger partial charge on any atom is -0.755 e. The lowest BCUT2D eigenvalue weighted by molar-refractivity contribution is 0.0238. The zero-order valence-corrected chi connectivity index (χ0v) is 20.3. The molecule has 28 heavy (non-hydrogen) atoms. The number of hydrogen-bond acceptors (Lipinski definition) is 5. The third kappa shape index (κ3) is 3.93. The summed E-state index contributed by atoms with van der Waals surface area (Å²) < 4.78 is 31.4. The fraction of sp³-hybridized carbons (Fsp3) is 0.789. The Morgan fingerprint density at radius 1 is 1.11 bits per heavy atom. The second kappa shape index (κ2) is 7.91. The van der Waals surface area contributed by atoms with Gasteiger partial charge in [0.05, 0.1) is 41.2 Å². The van der Waals surface area contributed by atoms with Crippen LogP contribution in [0.1, 0.15) is 73.7 Å². The number of aromatic nitrogens is 2. The van der Waals surface area contributed by atoms with Crippen molar-refractivity contribution in [2.24, 2.45) is 0 Å². The van der Waals surface area contributed by atoms with Crippen LogP contribution in [0.2, 0.25) is 16.6 Å². The van der Waals surface area contributed by atoms with Crippen molar-refractivity contribution >= 4 is 30.9 Å². The SMILES string of the molecule is CC(C)[Si](c1nc2c(n1S(=O)[O-])CN(C(=O)OC(C)(C)C)C2)(C(C)C)C(C)C. The molecule has 0 aromatic carbocycles. The van der Waals surface area contributed by atoms with Gasteiger partial charge in [-0.25, -0.2) is 9.78 Å². The quantitative estimate of drug-likeness (QED) is 0.527. The Morgan fingerprint density at radius 2 is 1.61 bits per heavy atom. The Balaban J connectivity index is 2.53. The number of rotatable bonds is 5. The molecule has 0 bridgehead atoms. The largest absolute Gasteiger partial charge is 0.755 e. The predicted molar refractivity (Wildman–Crippen MR) is 113 cm³/mol. The molecule has 1 atom stereocenters. The average Bonchev–Trinajstić information content (AvgIpc) is 3.01. The Hall–Kier alpha value is -1.19. The summed E-state index contributed by atoms with van der Waals surface area (Å²) in [6.45, 7) is 19.0. The molecule has 1 aromatic rings. The van der Waals surface area contributed by atoms with Gasteiger partial charge in [0.2, 0.25) is 0 Å². The van der Waals surface area contributed by atoms with Gasteiger partial charge in [0.15, 0.2) is 0 Å².